The Hall–Kier alpha value is -7.50. The maximum atomic E-state index is 13.9. The maximum Gasteiger partial charge on any atom is 0.408 e. The quantitative estimate of drug-likeness (QED) is 0.0733. The number of alkyl carbamates (subject to hydrolysis) is 2. The fraction of sp³-hybridized carbons (Fsp3) is 0.508. The number of β-amino-alcohol motifs (C(OH)–C–C–N with tert-alkyl or cyclic N) is 1. The highest BCUT2D eigenvalue weighted by Crippen LogP contribution is 2.35. The first-order valence-electron chi connectivity index (χ1n) is 26.3. The summed E-state index contributed by atoms with van der Waals surface area (Å²) in [7, 11) is 2.51. The Balaban J connectivity index is 0.000000358. The summed E-state index contributed by atoms with van der Waals surface area (Å²) in [5.41, 5.74) is 1.19. The number of benzene rings is 2. The van der Waals surface area contributed by atoms with Gasteiger partial charge in [0.2, 0.25) is 17.7 Å². The van der Waals surface area contributed by atoms with Gasteiger partial charge in [0, 0.05) is 19.4 Å². The van der Waals surface area contributed by atoms with Crippen molar-refractivity contribution in [2.45, 2.75) is 166 Å². The van der Waals surface area contributed by atoms with Gasteiger partial charge in [-0.1, -0.05) is 100 Å². The van der Waals surface area contributed by atoms with E-state index in [4.69, 9.17) is 33.7 Å². The second-order valence-electron chi connectivity index (χ2n) is 23.6. The Bertz CT molecular complexity index is 3230. The third-order valence-electron chi connectivity index (χ3n) is 12.5. The highest BCUT2D eigenvalue weighted by atomic mass is 32.1. The first-order chi connectivity index (χ1) is 37.9. The average molecular weight is 1200 g/mol. The summed E-state index contributed by atoms with van der Waals surface area (Å²) in [6.45, 7) is 21.4. The molecular weight excluding hydrogens is 1120 g/mol. The van der Waals surface area contributed by atoms with E-state index >= 15 is 0 Å². The van der Waals surface area contributed by atoms with Crippen molar-refractivity contribution in [1.29, 1.82) is 0 Å². The van der Waals surface area contributed by atoms with Crippen molar-refractivity contribution in [3.63, 3.8) is 0 Å². The molecule has 4 amide bonds. The van der Waals surface area contributed by atoms with E-state index in [1.807, 2.05) is 104 Å². The number of nitrogens with one attached hydrogen (secondary N) is 3. The molecule has 2 aromatic carbocycles. The lowest BCUT2D eigenvalue weighted by atomic mass is 9.85. The number of hydrogen-bond acceptors (Lipinski definition) is 18. The van der Waals surface area contributed by atoms with Crippen molar-refractivity contribution in [3.05, 3.63) is 93.9 Å². The van der Waals surface area contributed by atoms with Crippen LogP contribution in [-0.2, 0) is 38.1 Å². The molecule has 4 aromatic heterocycles. The number of carbonyl (C=O) groups excluding carboxylic acids is 6. The van der Waals surface area contributed by atoms with Gasteiger partial charge in [0.25, 0.3) is 5.56 Å². The first-order valence-corrected chi connectivity index (χ1v) is 28.1. The number of aliphatic hydroxyl groups is 1. The van der Waals surface area contributed by atoms with E-state index in [9.17, 15) is 38.7 Å². The van der Waals surface area contributed by atoms with Crippen molar-refractivity contribution in [1.82, 2.24) is 40.4 Å². The van der Waals surface area contributed by atoms with Crippen molar-refractivity contribution in [3.8, 4) is 27.0 Å². The molecule has 2 aliphatic rings. The minimum Gasteiger partial charge on any atom is -0.471 e. The molecule has 2 saturated heterocycles. The number of amides is 4. The number of esters is 2. The second kappa shape index (κ2) is 29.3. The Labute approximate surface area is 501 Å². The lowest BCUT2D eigenvalue weighted by Crippen LogP contribution is -2.57. The number of thiophene rings is 2. The molecule has 0 aliphatic carbocycles. The SMILES string of the molecule is C.C.C.COC(=O)[C@@H]1C[C@@H](Oc2nc3ccccc3nc2-c2cccs2)CN1C(=O)[C@@H](NC(=O)OC(C)(C)C)C(C)(C)C.COC(=O)[C@@H]1C[C@H](O)CN1C(=O)[C@@H](NC(=O)OC(C)(C)C)C(C)(C)C.O=c1[nH]c2ccccc2nc1-c1cccs1. The molecule has 6 heterocycles. The number of rotatable bonds is 10. The normalized spacial score (nSPS) is 17.4. The summed E-state index contributed by atoms with van der Waals surface area (Å²) in [4.78, 5) is 109. The number of aromatic amines is 1. The third kappa shape index (κ3) is 18.8. The molecule has 4 N–H and O–H groups in total. The largest absolute Gasteiger partial charge is 0.471 e. The molecule has 21 nitrogen and oxygen atoms in total. The van der Waals surface area contributed by atoms with Crippen LogP contribution in [0.15, 0.2) is 88.4 Å². The van der Waals surface area contributed by atoms with Gasteiger partial charge >= 0.3 is 24.1 Å². The number of ether oxygens (including phenoxy) is 5. The number of likely N-dealkylation sites (tertiary alicyclic amines) is 2. The van der Waals surface area contributed by atoms with Crippen LogP contribution in [0.5, 0.6) is 5.88 Å². The number of aliphatic hydroxyl groups excluding tert-OH is 1. The number of H-pyrrole nitrogens is 1. The first kappa shape index (κ1) is 70.8. The summed E-state index contributed by atoms with van der Waals surface area (Å²) in [6, 6.07) is 19.1. The van der Waals surface area contributed by atoms with Crippen LogP contribution in [0.25, 0.3) is 43.2 Å². The Morgan fingerprint density at radius 3 is 1.48 bits per heavy atom. The lowest BCUT2D eigenvalue weighted by Gasteiger charge is -2.35. The number of fused-ring (bicyclic) bond motifs is 2. The van der Waals surface area contributed by atoms with E-state index in [0.717, 1.165) is 26.3 Å². The van der Waals surface area contributed by atoms with Gasteiger partial charge in [-0.15, -0.1) is 22.7 Å². The smallest absolute Gasteiger partial charge is 0.408 e. The Morgan fingerprint density at radius 2 is 1.02 bits per heavy atom. The standard InChI is InChI=1S/C29H36N4O6S.C17H30N2O6.C12H8N2OS.3CH4/c1-28(2,3)23(32-27(36)39-29(4,5)6)25(34)33-16-17(15-20(33)26(35)37-7)38-24-22(21-13-10-14-40-21)30-18-11-8-9-12-19(18)31-24;1-16(2,3)12(18-15(23)25-17(4,5)6)13(21)19-9-10(20)8-11(19)14(22)24-7;15-12-11(10-6-3-7-16-10)13-8-4-1-2-5-9(8)14-12;;;/h8-14,17,20,23H,15-16H2,1-7H3,(H,32,36);10-12,20H,8-9H2,1-7H3,(H,18,23);1-7H,(H,14,15);3*1H4/t17-,20+,23-;10-,11-,12+;;;;/m10..../s1. The maximum absolute atomic E-state index is 13.9. The van der Waals surface area contributed by atoms with E-state index in [1.165, 1.54) is 46.7 Å². The topological polar surface area (TPSA) is 271 Å². The van der Waals surface area contributed by atoms with E-state index in [1.54, 1.807) is 62.3 Å². The van der Waals surface area contributed by atoms with Gasteiger partial charge in [0.05, 0.1) is 58.7 Å². The summed E-state index contributed by atoms with van der Waals surface area (Å²) < 4.78 is 26.8. The zero-order chi connectivity index (χ0) is 59.8. The fourth-order valence-electron chi connectivity index (χ4n) is 8.79. The third-order valence-corrected chi connectivity index (χ3v) is 14.3. The summed E-state index contributed by atoms with van der Waals surface area (Å²) in [5, 5.41) is 19.1. The Morgan fingerprint density at radius 1 is 0.595 bits per heavy atom. The predicted octanol–water partition coefficient (Wildman–Crippen LogP) is 10.4. The van der Waals surface area contributed by atoms with Gasteiger partial charge in [0.1, 0.15) is 52.9 Å². The average Bonchev–Trinajstić information content (AvgIpc) is 3.35. The van der Waals surface area contributed by atoms with Crippen LogP contribution in [0.4, 0.5) is 9.59 Å². The Kier molecular flexibility index (Phi) is 24.7. The number of methoxy groups -OCH3 is 2. The number of aromatic nitrogens is 4. The monoisotopic (exact) mass is 1200 g/mol. The molecular formula is C61H86N8O13S2. The molecule has 0 bridgehead atoms. The molecule has 0 spiro atoms. The number of hydrogen-bond donors (Lipinski definition) is 4. The van der Waals surface area contributed by atoms with Crippen molar-refractivity contribution < 1.29 is 57.6 Å². The van der Waals surface area contributed by atoms with Crippen LogP contribution in [0.1, 0.15) is 118 Å². The molecule has 2 fully saturated rings. The van der Waals surface area contributed by atoms with Crippen molar-refractivity contribution in [2.75, 3.05) is 27.3 Å². The highest BCUT2D eigenvalue weighted by molar-refractivity contribution is 7.13. The predicted molar refractivity (Wildman–Crippen MR) is 329 cm³/mol. The van der Waals surface area contributed by atoms with Crippen LogP contribution >= 0.6 is 22.7 Å². The van der Waals surface area contributed by atoms with E-state index in [0.29, 0.717) is 22.8 Å². The van der Waals surface area contributed by atoms with Gasteiger partial charge in [0.15, 0.2) is 0 Å². The van der Waals surface area contributed by atoms with Crippen LogP contribution in [0.2, 0.25) is 0 Å². The summed E-state index contributed by atoms with van der Waals surface area (Å²) in [6.07, 6.45) is -2.49. The van der Waals surface area contributed by atoms with E-state index in [2.05, 4.69) is 20.6 Å². The second-order valence-corrected chi connectivity index (χ2v) is 25.5. The minimum absolute atomic E-state index is 0. The van der Waals surface area contributed by atoms with Crippen molar-refractivity contribution >= 4 is 80.7 Å². The molecule has 84 heavy (non-hydrogen) atoms. The van der Waals surface area contributed by atoms with E-state index < -0.39 is 94.3 Å². The number of para-hydroxylation sites is 4. The lowest BCUT2D eigenvalue weighted by molar-refractivity contribution is -0.152. The molecule has 6 aromatic rings. The number of carbonyl (C=O) groups is 6. The van der Waals surface area contributed by atoms with Crippen LogP contribution in [-0.4, -0.2) is 146 Å². The van der Waals surface area contributed by atoms with Gasteiger partial charge in [-0.25, -0.2) is 34.1 Å². The van der Waals surface area contributed by atoms with Gasteiger partial charge in [-0.2, -0.15) is 0 Å². The van der Waals surface area contributed by atoms with Crippen molar-refractivity contribution in [2.24, 2.45) is 10.8 Å². The molecule has 460 valence electrons. The van der Waals surface area contributed by atoms with Crippen LogP contribution < -0.4 is 20.9 Å². The summed E-state index contributed by atoms with van der Waals surface area (Å²) >= 11 is 3.03. The molecule has 0 radical (unpaired) electrons. The van der Waals surface area contributed by atoms with Crippen LogP contribution in [0.3, 0.4) is 0 Å². The summed E-state index contributed by atoms with van der Waals surface area (Å²) in [5.74, 6) is -1.71. The zero-order valence-corrected chi connectivity index (χ0v) is 49.9. The molecule has 6 atom stereocenters. The van der Waals surface area contributed by atoms with Gasteiger partial charge in [-0.3, -0.25) is 14.4 Å². The zero-order valence-electron chi connectivity index (χ0n) is 48.3. The molecule has 2 aliphatic heterocycles. The van der Waals surface area contributed by atoms with Crippen LogP contribution in [0, 0.1) is 10.8 Å². The fourth-order valence-corrected chi connectivity index (χ4v) is 10.2. The molecule has 0 saturated carbocycles. The molecule has 8 rings (SSSR count). The van der Waals surface area contributed by atoms with Gasteiger partial charge < -0.3 is 54.2 Å². The number of nitrogens with zero attached hydrogens (tertiary/aromatic N) is 5. The van der Waals surface area contributed by atoms with E-state index in [-0.39, 0.29) is 53.8 Å². The minimum atomic E-state index is -0.963. The molecule has 23 heteroatoms. The molecule has 0 unspecified atom stereocenters. The van der Waals surface area contributed by atoms with Gasteiger partial charge in [-0.05, 0) is 99.5 Å². The highest BCUT2D eigenvalue weighted by Gasteiger charge is 2.48.